The van der Waals surface area contributed by atoms with E-state index in [1.54, 1.807) is 0 Å². The molecule has 0 aliphatic rings. The summed E-state index contributed by atoms with van der Waals surface area (Å²) < 4.78 is 0.893. The predicted octanol–water partition coefficient (Wildman–Crippen LogP) is -1.29. The van der Waals surface area contributed by atoms with E-state index in [4.69, 9.17) is 0 Å². The summed E-state index contributed by atoms with van der Waals surface area (Å²) in [6.45, 7) is 0. The molecule has 0 atom stereocenters. The van der Waals surface area contributed by atoms with Gasteiger partial charge in [-0.25, -0.2) is 0 Å². The number of carboxylic acids is 2. The monoisotopic (exact) mass is 284 g/mol. The van der Waals surface area contributed by atoms with E-state index in [1.807, 2.05) is 0 Å². The normalized spacial score (nSPS) is 10.2. The quantitative estimate of drug-likeness (QED) is 0.263. The SMILES string of the molecule is O=C([O-])C(CCCCI)C(=O)[O-]. The van der Waals surface area contributed by atoms with Gasteiger partial charge in [0.15, 0.2) is 0 Å². The molecule has 0 spiro atoms. The molecule has 0 radical (unpaired) electrons. The Labute approximate surface area is 84.1 Å². The molecule has 4 nitrogen and oxygen atoms in total. The minimum absolute atomic E-state index is 0.105. The number of hydrogen-bond acceptors (Lipinski definition) is 4. The van der Waals surface area contributed by atoms with Gasteiger partial charge >= 0.3 is 0 Å². The minimum atomic E-state index is -1.55. The molecule has 0 aromatic carbocycles. The van der Waals surface area contributed by atoms with Crippen LogP contribution in [0.5, 0.6) is 0 Å². The average Bonchev–Trinajstić information content (AvgIpc) is 1.96. The van der Waals surface area contributed by atoms with E-state index < -0.39 is 17.9 Å². The van der Waals surface area contributed by atoms with Crippen LogP contribution in [0.15, 0.2) is 0 Å². The molecule has 0 N–H and O–H groups in total. The van der Waals surface area contributed by atoms with E-state index in [2.05, 4.69) is 22.6 Å². The first-order chi connectivity index (χ1) is 5.59. The highest BCUT2D eigenvalue weighted by molar-refractivity contribution is 14.1. The van der Waals surface area contributed by atoms with E-state index >= 15 is 0 Å². The highest BCUT2D eigenvalue weighted by Gasteiger charge is 2.09. The van der Waals surface area contributed by atoms with Crippen LogP contribution in [0.3, 0.4) is 0 Å². The van der Waals surface area contributed by atoms with Crippen LogP contribution in [0.2, 0.25) is 0 Å². The van der Waals surface area contributed by atoms with Gasteiger partial charge in [-0.05, 0) is 17.3 Å². The second-order valence-corrected chi connectivity index (χ2v) is 3.45. The summed E-state index contributed by atoms with van der Waals surface area (Å²) in [5, 5.41) is 20.4. The summed E-state index contributed by atoms with van der Waals surface area (Å²) in [5.74, 6) is -4.56. The lowest BCUT2D eigenvalue weighted by atomic mass is 10.0. The number of hydrogen-bond donors (Lipinski definition) is 0. The number of carboxylic acid groups (broad SMARTS) is 2. The maximum Gasteiger partial charge on any atom is 0.0501 e. The van der Waals surface area contributed by atoms with E-state index in [0.29, 0.717) is 6.42 Å². The molecule has 0 fully saturated rings. The molecule has 0 saturated heterocycles. The van der Waals surface area contributed by atoms with E-state index in [9.17, 15) is 19.8 Å². The zero-order chi connectivity index (χ0) is 9.56. The number of alkyl halides is 1. The van der Waals surface area contributed by atoms with E-state index in [-0.39, 0.29) is 6.42 Å². The first kappa shape index (κ1) is 11.7. The molecule has 0 aromatic rings. The first-order valence-electron chi connectivity index (χ1n) is 3.57. The summed E-state index contributed by atoms with van der Waals surface area (Å²) in [6, 6.07) is 0. The molecule has 0 bridgehead atoms. The third-order valence-corrected chi connectivity index (χ3v) is 2.21. The third kappa shape index (κ3) is 4.53. The Kier molecular flexibility index (Phi) is 6.04. The van der Waals surface area contributed by atoms with Gasteiger partial charge in [0.25, 0.3) is 0 Å². The number of carbonyl (C=O) groups excluding carboxylic acids is 2. The molecule has 0 aromatic heterocycles. The van der Waals surface area contributed by atoms with Crippen LogP contribution in [-0.2, 0) is 9.59 Å². The number of aliphatic carboxylic acids is 2. The van der Waals surface area contributed by atoms with Gasteiger partial charge in [0, 0.05) is 5.92 Å². The van der Waals surface area contributed by atoms with Crippen molar-refractivity contribution in [1.29, 1.82) is 0 Å². The second kappa shape index (κ2) is 6.22. The fourth-order valence-electron chi connectivity index (χ4n) is 0.775. The third-order valence-electron chi connectivity index (χ3n) is 1.45. The summed E-state index contributed by atoms with van der Waals surface area (Å²) >= 11 is 2.14. The smallest absolute Gasteiger partial charge is 0.0501 e. The number of rotatable bonds is 6. The first-order valence-corrected chi connectivity index (χ1v) is 5.09. The number of unbranched alkanes of at least 4 members (excludes halogenated alkanes) is 1. The fourth-order valence-corrected chi connectivity index (χ4v) is 1.31. The highest BCUT2D eigenvalue weighted by atomic mass is 127. The van der Waals surface area contributed by atoms with Crippen molar-refractivity contribution in [2.24, 2.45) is 5.92 Å². The van der Waals surface area contributed by atoms with E-state index in [0.717, 1.165) is 10.8 Å². The molecule has 70 valence electrons. The van der Waals surface area contributed by atoms with Gasteiger partial charge in [-0.3, -0.25) is 0 Å². The molecule has 0 aliphatic carbocycles. The molecule has 0 amide bonds. The van der Waals surface area contributed by atoms with Gasteiger partial charge in [0.05, 0.1) is 11.9 Å². The zero-order valence-corrected chi connectivity index (χ0v) is 8.57. The van der Waals surface area contributed by atoms with Gasteiger partial charge in [-0.1, -0.05) is 29.0 Å². The van der Waals surface area contributed by atoms with Crippen LogP contribution in [0.4, 0.5) is 0 Å². The summed E-state index contributed by atoms with van der Waals surface area (Å²) in [4.78, 5) is 20.4. The fraction of sp³-hybridized carbons (Fsp3) is 0.714. The van der Waals surface area contributed by atoms with Crippen molar-refractivity contribution in [3.63, 3.8) is 0 Å². The minimum Gasteiger partial charge on any atom is -0.549 e. The molecule has 0 saturated carbocycles. The van der Waals surface area contributed by atoms with Crippen LogP contribution >= 0.6 is 22.6 Å². The Bertz CT molecular complexity index is 155. The maximum absolute atomic E-state index is 10.2. The Morgan fingerprint density at radius 1 is 1.17 bits per heavy atom. The maximum atomic E-state index is 10.2. The Morgan fingerprint density at radius 2 is 1.67 bits per heavy atom. The second-order valence-electron chi connectivity index (χ2n) is 2.38. The standard InChI is InChI=1S/C7H11IO4/c8-4-2-1-3-5(6(9)10)7(11)12/h5H,1-4H2,(H,9,10)(H,11,12)/p-2. The van der Waals surface area contributed by atoms with Crippen molar-refractivity contribution < 1.29 is 19.8 Å². The largest absolute Gasteiger partial charge is 0.549 e. The van der Waals surface area contributed by atoms with Gasteiger partial charge in [0.1, 0.15) is 0 Å². The van der Waals surface area contributed by atoms with Gasteiger partial charge in [-0.15, -0.1) is 0 Å². The summed E-state index contributed by atoms with van der Waals surface area (Å²) in [7, 11) is 0. The van der Waals surface area contributed by atoms with Crippen LogP contribution < -0.4 is 10.2 Å². The van der Waals surface area contributed by atoms with Crippen LogP contribution in [0.25, 0.3) is 0 Å². The van der Waals surface area contributed by atoms with Crippen molar-refractivity contribution in [2.75, 3.05) is 4.43 Å². The molecule has 0 unspecified atom stereocenters. The summed E-state index contributed by atoms with van der Waals surface area (Å²) in [5.41, 5.74) is 0. The van der Waals surface area contributed by atoms with Crippen molar-refractivity contribution >= 4 is 34.5 Å². The summed E-state index contributed by atoms with van der Waals surface area (Å²) in [6.07, 6.45) is 1.50. The predicted molar refractivity (Wildman–Crippen MR) is 46.2 cm³/mol. The van der Waals surface area contributed by atoms with E-state index in [1.165, 1.54) is 0 Å². The molecule has 0 heterocycles. The molecule has 0 rings (SSSR count). The Morgan fingerprint density at radius 3 is 2.00 bits per heavy atom. The van der Waals surface area contributed by atoms with Crippen LogP contribution in [0, 0.1) is 5.92 Å². The molecule has 0 aliphatic heterocycles. The lowest BCUT2D eigenvalue weighted by Gasteiger charge is -2.18. The Balaban J connectivity index is 3.80. The molecular weight excluding hydrogens is 275 g/mol. The Hall–Kier alpha value is -0.330. The lowest BCUT2D eigenvalue weighted by molar-refractivity contribution is -0.332. The van der Waals surface area contributed by atoms with Gasteiger partial charge in [-0.2, -0.15) is 0 Å². The van der Waals surface area contributed by atoms with Crippen molar-refractivity contribution in [2.45, 2.75) is 19.3 Å². The van der Waals surface area contributed by atoms with Crippen LogP contribution in [-0.4, -0.2) is 16.4 Å². The average molecular weight is 284 g/mol. The van der Waals surface area contributed by atoms with Gasteiger partial charge in [0.2, 0.25) is 0 Å². The zero-order valence-electron chi connectivity index (χ0n) is 6.42. The topological polar surface area (TPSA) is 80.3 Å². The highest BCUT2D eigenvalue weighted by Crippen LogP contribution is 2.08. The van der Waals surface area contributed by atoms with Crippen molar-refractivity contribution in [3.8, 4) is 0 Å². The number of carbonyl (C=O) groups is 2. The van der Waals surface area contributed by atoms with Crippen LogP contribution in [0.1, 0.15) is 19.3 Å². The number of halogens is 1. The molecular formula is C7H9IO4-2. The molecule has 5 heteroatoms. The molecule has 12 heavy (non-hydrogen) atoms. The van der Waals surface area contributed by atoms with Gasteiger partial charge < -0.3 is 19.8 Å². The lowest BCUT2D eigenvalue weighted by Crippen LogP contribution is -2.43. The van der Waals surface area contributed by atoms with Crippen molar-refractivity contribution in [3.05, 3.63) is 0 Å². The van der Waals surface area contributed by atoms with Crippen molar-refractivity contribution in [1.82, 2.24) is 0 Å².